The summed E-state index contributed by atoms with van der Waals surface area (Å²) in [7, 11) is 0. The van der Waals surface area contributed by atoms with Gasteiger partial charge in [0.15, 0.2) is 5.82 Å². The molecule has 0 saturated carbocycles. The van der Waals surface area contributed by atoms with Crippen LogP contribution in [-0.4, -0.2) is 21.6 Å². The number of hydrogen-bond acceptors (Lipinski definition) is 4. The second kappa shape index (κ2) is 3.58. The minimum atomic E-state index is 0.0988. The highest BCUT2D eigenvalue weighted by Crippen LogP contribution is 2.24. The lowest BCUT2D eigenvalue weighted by Gasteiger charge is -2.20. The average Bonchev–Trinajstić information content (AvgIpc) is 2.21. The molecule has 0 amide bonds. The number of hydrogen-bond donors (Lipinski definition) is 0. The predicted molar refractivity (Wildman–Crippen MR) is 42.4 cm³/mol. The molecule has 4 nitrogen and oxygen atoms in total. The van der Waals surface area contributed by atoms with E-state index in [0.29, 0.717) is 0 Å². The molecule has 0 radical (unpaired) electrons. The van der Waals surface area contributed by atoms with Crippen molar-refractivity contribution < 1.29 is 4.74 Å². The van der Waals surface area contributed by atoms with Crippen LogP contribution in [0.3, 0.4) is 0 Å². The summed E-state index contributed by atoms with van der Waals surface area (Å²) in [6, 6.07) is 0. The van der Waals surface area contributed by atoms with Crippen LogP contribution >= 0.6 is 0 Å². The molecule has 1 unspecified atom stereocenters. The zero-order valence-electron chi connectivity index (χ0n) is 6.81. The molecule has 12 heavy (non-hydrogen) atoms. The Morgan fingerprint density at radius 1 is 1.25 bits per heavy atom. The fourth-order valence-corrected chi connectivity index (χ4v) is 1.36. The lowest BCUT2D eigenvalue weighted by Crippen LogP contribution is -2.14. The molecule has 1 aliphatic heterocycles. The number of rotatable bonds is 1. The van der Waals surface area contributed by atoms with E-state index in [9.17, 15) is 0 Å². The maximum atomic E-state index is 5.51. The van der Waals surface area contributed by atoms with Crippen LogP contribution in [0.4, 0.5) is 0 Å². The standard InChI is InChI=1S/C8H11N3O/c1-2-4-12-7(3-1)8-10-5-9-6-11-8/h5-7H,1-4H2. The number of nitrogens with zero attached hydrogens (tertiary/aromatic N) is 3. The third-order valence-electron chi connectivity index (χ3n) is 1.98. The summed E-state index contributed by atoms with van der Waals surface area (Å²) in [5.41, 5.74) is 0. The summed E-state index contributed by atoms with van der Waals surface area (Å²) >= 11 is 0. The van der Waals surface area contributed by atoms with E-state index in [1.54, 1.807) is 0 Å². The lowest BCUT2D eigenvalue weighted by atomic mass is 10.1. The van der Waals surface area contributed by atoms with Crippen molar-refractivity contribution in [1.82, 2.24) is 15.0 Å². The number of aromatic nitrogens is 3. The van der Waals surface area contributed by atoms with Crippen molar-refractivity contribution in [3.05, 3.63) is 18.5 Å². The predicted octanol–water partition coefficient (Wildman–Crippen LogP) is 1.11. The molecular weight excluding hydrogens is 154 g/mol. The summed E-state index contributed by atoms with van der Waals surface area (Å²) in [6.07, 6.45) is 6.52. The Hall–Kier alpha value is -1.03. The van der Waals surface area contributed by atoms with Crippen LogP contribution in [0, 0.1) is 0 Å². The van der Waals surface area contributed by atoms with Crippen LogP contribution in [0.2, 0.25) is 0 Å². The van der Waals surface area contributed by atoms with Crippen LogP contribution in [0.5, 0.6) is 0 Å². The Bertz CT molecular complexity index is 233. The molecular formula is C8H11N3O. The summed E-state index contributed by atoms with van der Waals surface area (Å²) in [5.74, 6) is 0.768. The quantitative estimate of drug-likeness (QED) is 0.625. The Morgan fingerprint density at radius 2 is 2.08 bits per heavy atom. The van der Waals surface area contributed by atoms with E-state index in [1.807, 2.05) is 0 Å². The normalized spacial score (nSPS) is 23.8. The molecule has 0 bridgehead atoms. The van der Waals surface area contributed by atoms with Crippen molar-refractivity contribution in [1.29, 1.82) is 0 Å². The van der Waals surface area contributed by atoms with Crippen LogP contribution in [0.15, 0.2) is 12.7 Å². The van der Waals surface area contributed by atoms with Gasteiger partial charge in [0.1, 0.15) is 18.8 Å². The molecule has 0 spiro atoms. The maximum absolute atomic E-state index is 5.51. The molecule has 1 aliphatic rings. The molecule has 1 fully saturated rings. The average molecular weight is 165 g/mol. The van der Waals surface area contributed by atoms with Gasteiger partial charge in [-0.15, -0.1) is 0 Å². The van der Waals surface area contributed by atoms with Crippen LogP contribution in [-0.2, 0) is 4.74 Å². The highest BCUT2D eigenvalue weighted by molar-refractivity contribution is 4.89. The summed E-state index contributed by atoms with van der Waals surface area (Å²) in [6.45, 7) is 0.830. The Morgan fingerprint density at radius 3 is 2.75 bits per heavy atom. The summed E-state index contributed by atoms with van der Waals surface area (Å²) in [5, 5.41) is 0. The first-order valence-electron chi connectivity index (χ1n) is 4.20. The molecule has 0 aliphatic carbocycles. The fourth-order valence-electron chi connectivity index (χ4n) is 1.36. The van der Waals surface area contributed by atoms with Gasteiger partial charge in [-0.05, 0) is 19.3 Å². The van der Waals surface area contributed by atoms with Crippen LogP contribution < -0.4 is 0 Å². The van der Waals surface area contributed by atoms with Crippen molar-refractivity contribution in [3.8, 4) is 0 Å². The van der Waals surface area contributed by atoms with Gasteiger partial charge in [-0.1, -0.05) is 0 Å². The largest absolute Gasteiger partial charge is 0.370 e. The van der Waals surface area contributed by atoms with Crippen molar-refractivity contribution >= 4 is 0 Å². The fraction of sp³-hybridized carbons (Fsp3) is 0.625. The van der Waals surface area contributed by atoms with Gasteiger partial charge in [-0.2, -0.15) is 0 Å². The molecule has 64 valence electrons. The molecule has 2 rings (SSSR count). The van der Waals surface area contributed by atoms with E-state index in [0.717, 1.165) is 25.3 Å². The molecule has 1 aromatic rings. The highest BCUT2D eigenvalue weighted by atomic mass is 16.5. The van der Waals surface area contributed by atoms with Gasteiger partial charge in [0.2, 0.25) is 0 Å². The first-order valence-corrected chi connectivity index (χ1v) is 4.20. The minimum Gasteiger partial charge on any atom is -0.370 e. The van der Waals surface area contributed by atoms with Crippen molar-refractivity contribution in [2.75, 3.05) is 6.61 Å². The van der Waals surface area contributed by atoms with E-state index in [4.69, 9.17) is 4.74 Å². The van der Waals surface area contributed by atoms with Gasteiger partial charge in [-0.25, -0.2) is 15.0 Å². The van der Waals surface area contributed by atoms with Crippen molar-refractivity contribution in [3.63, 3.8) is 0 Å². The maximum Gasteiger partial charge on any atom is 0.160 e. The van der Waals surface area contributed by atoms with E-state index in [2.05, 4.69) is 15.0 Å². The van der Waals surface area contributed by atoms with Gasteiger partial charge < -0.3 is 4.74 Å². The SMILES string of the molecule is c1ncnc(C2CCCCO2)n1. The topological polar surface area (TPSA) is 47.9 Å². The van der Waals surface area contributed by atoms with E-state index < -0.39 is 0 Å². The summed E-state index contributed by atoms with van der Waals surface area (Å²) < 4.78 is 5.51. The lowest BCUT2D eigenvalue weighted by molar-refractivity contribution is 0.00928. The second-order valence-electron chi connectivity index (χ2n) is 2.85. The number of ether oxygens (including phenoxy) is 1. The third-order valence-corrected chi connectivity index (χ3v) is 1.98. The molecule has 0 N–H and O–H groups in total. The smallest absolute Gasteiger partial charge is 0.160 e. The second-order valence-corrected chi connectivity index (χ2v) is 2.85. The zero-order chi connectivity index (χ0) is 8.23. The van der Waals surface area contributed by atoms with Crippen molar-refractivity contribution in [2.24, 2.45) is 0 Å². The molecule has 1 atom stereocenters. The Kier molecular flexibility index (Phi) is 2.27. The Balaban J connectivity index is 2.08. The first kappa shape index (κ1) is 7.61. The molecule has 2 heterocycles. The van der Waals surface area contributed by atoms with E-state index in [1.165, 1.54) is 19.1 Å². The zero-order valence-corrected chi connectivity index (χ0v) is 6.81. The molecule has 4 heteroatoms. The van der Waals surface area contributed by atoms with E-state index in [-0.39, 0.29) is 6.10 Å². The molecule has 0 aromatic carbocycles. The monoisotopic (exact) mass is 165 g/mol. The highest BCUT2D eigenvalue weighted by Gasteiger charge is 2.17. The first-order chi connectivity index (χ1) is 5.97. The van der Waals surface area contributed by atoms with Gasteiger partial charge in [0.25, 0.3) is 0 Å². The van der Waals surface area contributed by atoms with Gasteiger partial charge in [0, 0.05) is 6.61 Å². The van der Waals surface area contributed by atoms with Gasteiger partial charge in [0.05, 0.1) is 0 Å². The minimum absolute atomic E-state index is 0.0988. The van der Waals surface area contributed by atoms with Crippen molar-refractivity contribution in [2.45, 2.75) is 25.4 Å². The van der Waals surface area contributed by atoms with E-state index >= 15 is 0 Å². The summed E-state index contributed by atoms with van der Waals surface area (Å²) in [4.78, 5) is 11.9. The third kappa shape index (κ3) is 1.58. The molecule has 1 saturated heterocycles. The molecule has 1 aromatic heterocycles. The van der Waals surface area contributed by atoms with Crippen LogP contribution in [0.25, 0.3) is 0 Å². The van der Waals surface area contributed by atoms with Gasteiger partial charge >= 0.3 is 0 Å². The van der Waals surface area contributed by atoms with Crippen LogP contribution in [0.1, 0.15) is 31.2 Å². The Labute approximate surface area is 71.0 Å². The van der Waals surface area contributed by atoms with Gasteiger partial charge in [-0.3, -0.25) is 0 Å².